The van der Waals surface area contributed by atoms with E-state index in [4.69, 9.17) is 0 Å². The van der Waals surface area contributed by atoms with Crippen molar-refractivity contribution in [3.63, 3.8) is 0 Å². The van der Waals surface area contributed by atoms with Crippen LogP contribution in [0.15, 0.2) is 36.4 Å². The van der Waals surface area contributed by atoms with E-state index in [-0.39, 0.29) is 0 Å². The zero-order chi connectivity index (χ0) is 17.9. The quantitative estimate of drug-likeness (QED) is 0.551. The standard InChI is InChI=1S/2C12H18/c2*1-4-10-7-8-11(5-2)12(6-3)9-10/h2*7-9H,4-6H2,1-3H3. The van der Waals surface area contributed by atoms with Crippen LogP contribution in [-0.2, 0) is 38.5 Å². The molecule has 0 saturated carbocycles. The molecule has 0 aromatic heterocycles. The Hall–Kier alpha value is -1.56. The second kappa shape index (κ2) is 11.1. The van der Waals surface area contributed by atoms with E-state index in [1.54, 1.807) is 0 Å². The fourth-order valence-electron chi connectivity index (χ4n) is 3.15. The summed E-state index contributed by atoms with van der Waals surface area (Å²) in [5, 5.41) is 0. The van der Waals surface area contributed by atoms with Crippen molar-refractivity contribution < 1.29 is 0 Å². The average molecular weight is 325 g/mol. The largest absolute Gasteiger partial charge is 0.0613 e. The van der Waals surface area contributed by atoms with E-state index in [2.05, 4.69) is 77.9 Å². The maximum Gasteiger partial charge on any atom is -0.0305 e. The van der Waals surface area contributed by atoms with Crippen molar-refractivity contribution in [2.75, 3.05) is 0 Å². The van der Waals surface area contributed by atoms with Crippen LogP contribution in [-0.4, -0.2) is 0 Å². The van der Waals surface area contributed by atoms with E-state index in [0.29, 0.717) is 0 Å². The molecule has 0 amide bonds. The molecule has 0 heteroatoms. The van der Waals surface area contributed by atoms with Gasteiger partial charge in [-0.05, 0) is 71.9 Å². The van der Waals surface area contributed by atoms with Gasteiger partial charge in [-0.15, -0.1) is 0 Å². The molecular weight excluding hydrogens is 288 g/mol. The maximum absolute atomic E-state index is 2.35. The van der Waals surface area contributed by atoms with Crippen LogP contribution in [0.1, 0.15) is 74.9 Å². The highest BCUT2D eigenvalue weighted by atomic mass is 14.0. The lowest BCUT2D eigenvalue weighted by molar-refractivity contribution is 1.02. The Morgan fingerprint density at radius 3 is 1.00 bits per heavy atom. The van der Waals surface area contributed by atoms with Gasteiger partial charge in [0.1, 0.15) is 0 Å². The molecule has 0 aliphatic heterocycles. The normalized spacial score (nSPS) is 10.2. The summed E-state index contributed by atoms with van der Waals surface area (Å²) in [4.78, 5) is 0. The first-order chi connectivity index (χ1) is 11.6. The Bertz CT molecular complexity index is 552. The zero-order valence-electron chi connectivity index (χ0n) is 16.7. The molecule has 132 valence electrons. The van der Waals surface area contributed by atoms with Crippen LogP contribution >= 0.6 is 0 Å². The second-order valence-electron chi connectivity index (χ2n) is 6.33. The SMILES string of the molecule is CCc1ccc(CC)c(CC)c1.CCc1ccc(CC)c(CC)c1. The molecule has 0 nitrogen and oxygen atoms in total. The van der Waals surface area contributed by atoms with Crippen molar-refractivity contribution in [1.82, 2.24) is 0 Å². The molecule has 0 saturated heterocycles. The van der Waals surface area contributed by atoms with Crippen molar-refractivity contribution >= 4 is 0 Å². The molecular formula is C24H36. The van der Waals surface area contributed by atoms with Crippen LogP contribution in [0.5, 0.6) is 0 Å². The monoisotopic (exact) mass is 324 g/mol. The molecule has 0 spiro atoms. The third kappa shape index (κ3) is 5.82. The summed E-state index contributed by atoms with van der Waals surface area (Å²) >= 11 is 0. The second-order valence-corrected chi connectivity index (χ2v) is 6.33. The minimum Gasteiger partial charge on any atom is -0.0613 e. The third-order valence-electron chi connectivity index (χ3n) is 4.88. The number of hydrogen-bond donors (Lipinski definition) is 0. The van der Waals surface area contributed by atoms with Crippen molar-refractivity contribution in [3.8, 4) is 0 Å². The topological polar surface area (TPSA) is 0 Å². The van der Waals surface area contributed by atoms with Gasteiger partial charge in [-0.1, -0.05) is 77.9 Å². The van der Waals surface area contributed by atoms with E-state index in [9.17, 15) is 0 Å². The van der Waals surface area contributed by atoms with Crippen LogP contribution in [0.2, 0.25) is 0 Å². The summed E-state index contributed by atoms with van der Waals surface area (Å²) in [5.41, 5.74) is 8.99. The first-order valence-corrected chi connectivity index (χ1v) is 9.84. The van der Waals surface area contributed by atoms with Gasteiger partial charge in [0.15, 0.2) is 0 Å². The van der Waals surface area contributed by atoms with E-state index in [1.165, 1.54) is 33.4 Å². The predicted octanol–water partition coefficient (Wildman–Crippen LogP) is 6.75. The Morgan fingerprint density at radius 2 is 0.750 bits per heavy atom. The van der Waals surface area contributed by atoms with Gasteiger partial charge in [0, 0.05) is 0 Å². The zero-order valence-corrected chi connectivity index (χ0v) is 16.7. The molecule has 0 aliphatic carbocycles. The van der Waals surface area contributed by atoms with Crippen molar-refractivity contribution in [2.24, 2.45) is 0 Å². The molecule has 0 radical (unpaired) electrons. The van der Waals surface area contributed by atoms with E-state index >= 15 is 0 Å². The summed E-state index contributed by atoms with van der Waals surface area (Å²) in [6.07, 6.45) is 6.95. The highest BCUT2D eigenvalue weighted by Gasteiger charge is 1.99. The first kappa shape index (κ1) is 20.5. The Morgan fingerprint density at radius 1 is 0.417 bits per heavy atom. The molecule has 2 aromatic carbocycles. The van der Waals surface area contributed by atoms with E-state index in [1.807, 2.05) is 0 Å². The average Bonchev–Trinajstić information content (AvgIpc) is 2.67. The van der Waals surface area contributed by atoms with Crippen LogP contribution in [0.3, 0.4) is 0 Å². The lowest BCUT2D eigenvalue weighted by atomic mass is 9.99. The summed E-state index contributed by atoms with van der Waals surface area (Å²) < 4.78 is 0. The minimum absolute atomic E-state index is 1.15. The highest BCUT2D eigenvalue weighted by Crippen LogP contribution is 2.14. The maximum atomic E-state index is 2.35. The van der Waals surface area contributed by atoms with Crippen LogP contribution in [0.25, 0.3) is 0 Å². The van der Waals surface area contributed by atoms with Gasteiger partial charge < -0.3 is 0 Å². The van der Waals surface area contributed by atoms with Gasteiger partial charge in [0.05, 0.1) is 0 Å². The van der Waals surface area contributed by atoms with Gasteiger partial charge in [-0.25, -0.2) is 0 Å². The molecule has 2 rings (SSSR count). The number of hydrogen-bond acceptors (Lipinski definition) is 0. The molecule has 0 fully saturated rings. The Balaban J connectivity index is 0.000000240. The Labute approximate surface area is 150 Å². The van der Waals surface area contributed by atoms with Gasteiger partial charge in [-0.3, -0.25) is 0 Å². The molecule has 0 atom stereocenters. The van der Waals surface area contributed by atoms with Gasteiger partial charge in [-0.2, -0.15) is 0 Å². The fraction of sp³-hybridized carbons (Fsp3) is 0.500. The van der Waals surface area contributed by atoms with Crippen molar-refractivity contribution in [1.29, 1.82) is 0 Å². The number of rotatable bonds is 6. The highest BCUT2D eigenvalue weighted by molar-refractivity contribution is 5.33. The van der Waals surface area contributed by atoms with Crippen LogP contribution in [0, 0.1) is 0 Å². The van der Waals surface area contributed by atoms with E-state index in [0.717, 1.165) is 38.5 Å². The smallest absolute Gasteiger partial charge is 0.0305 e. The van der Waals surface area contributed by atoms with E-state index < -0.39 is 0 Å². The molecule has 24 heavy (non-hydrogen) atoms. The van der Waals surface area contributed by atoms with Crippen molar-refractivity contribution in [3.05, 3.63) is 69.8 Å². The molecule has 2 aromatic rings. The van der Waals surface area contributed by atoms with Gasteiger partial charge in [0.2, 0.25) is 0 Å². The summed E-state index contributed by atoms with van der Waals surface area (Å²) in [6, 6.07) is 13.7. The molecule has 0 N–H and O–H groups in total. The Kier molecular flexibility index (Phi) is 9.45. The predicted molar refractivity (Wildman–Crippen MR) is 109 cm³/mol. The number of aryl methyl sites for hydroxylation is 6. The van der Waals surface area contributed by atoms with Gasteiger partial charge in [0.25, 0.3) is 0 Å². The molecule has 0 bridgehead atoms. The third-order valence-corrected chi connectivity index (χ3v) is 4.88. The number of benzene rings is 2. The summed E-state index contributed by atoms with van der Waals surface area (Å²) in [6.45, 7) is 13.3. The summed E-state index contributed by atoms with van der Waals surface area (Å²) in [5.74, 6) is 0. The van der Waals surface area contributed by atoms with Crippen molar-refractivity contribution in [2.45, 2.75) is 80.1 Å². The fourth-order valence-corrected chi connectivity index (χ4v) is 3.15. The van der Waals surface area contributed by atoms with Gasteiger partial charge >= 0.3 is 0 Å². The minimum atomic E-state index is 1.15. The molecule has 0 unspecified atom stereocenters. The van der Waals surface area contributed by atoms with Crippen LogP contribution in [0.4, 0.5) is 0 Å². The lowest BCUT2D eigenvalue weighted by Gasteiger charge is -2.07. The summed E-state index contributed by atoms with van der Waals surface area (Å²) in [7, 11) is 0. The molecule has 0 heterocycles. The lowest BCUT2D eigenvalue weighted by Crippen LogP contribution is -1.92. The first-order valence-electron chi connectivity index (χ1n) is 9.84. The van der Waals surface area contributed by atoms with Crippen LogP contribution < -0.4 is 0 Å². The molecule has 0 aliphatic rings.